The van der Waals surface area contributed by atoms with Crippen molar-refractivity contribution in [3.8, 4) is 22.1 Å². The quantitative estimate of drug-likeness (QED) is 0.597. The van der Waals surface area contributed by atoms with E-state index in [4.69, 9.17) is 14.5 Å². The van der Waals surface area contributed by atoms with Crippen LogP contribution in [-0.4, -0.2) is 61.6 Å². The van der Waals surface area contributed by atoms with Crippen molar-refractivity contribution in [3.63, 3.8) is 0 Å². The zero-order valence-electron chi connectivity index (χ0n) is 18.3. The van der Waals surface area contributed by atoms with Crippen molar-refractivity contribution in [2.45, 2.75) is 13.0 Å². The molecule has 7 heteroatoms. The predicted molar refractivity (Wildman–Crippen MR) is 123 cm³/mol. The molecule has 3 aromatic rings. The number of hydrogen-bond acceptors (Lipinski definition) is 6. The SMILES string of the molecule is COc1ccc(-c2nc(C)c(C(=O)N3CCN(C)CC3c3ccccc3)s2)cc1OC. The highest BCUT2D eigenvalue weighted by atomic mass is 32.1. The smallest absolute Gasteiger partial charge is 0.266 e. The Balaban J connectivity index is 1.65. The fourth-order valence-corrected chi connectivity index (χ4v) is 4.96. The van der Waals surface area contributed by atoms with Gasteiger partial charge in [0.15, 0.2) is 11.5 Å². The summed E-state index contributed by atoms with van der Waals surface area (Å²) in [6, 6.07) is 16.0. The van der Waals surface area contributed by atoms with Crippen molar-refractivity contribution >= 4 is 17.2 Å². The highest BCUT2D eigenvalue weighted by molar-refractivity contribution is 7.17. The zero-order chi connectivity index (χ0) is 22.0. The molecule has 1 atom stereocenters. The molecule has 1 aliphatic rings. The molecule has 1 aliphatic heterocycles. The maximum atomic E-state index is 13.6. The van der Waals surface area contributed by atoms with Crippen molar-refractivity contribution < 1.29 is 14.3 Å². The van der Waals surface area contributed by atoms with E-state index in [0.717, 1.165) is 34.9 Å². The Morgan fingerprint density at radius 1 is 1.06 bits per heavy atom. The second kappa shape index (κ2) is 9.08. The van der Waals surface area contributed by atoms with Crippen LogP contribution in [0.5, 0.6) is 11.5 Å². The molecule has 1 saturated heterocycles. The van der Waals surface area contributed by atoms with Crippen molar-refractivity contribution in [1.29, 1.82) is 0 Å². The zero-order valence-corrected chi connectivity index (χ0v) is 19.1. The molecular formula is C24H27N3O3S. The highest BCUT2D eigenvalue weighted by Crippen LogP contribution is 2.36. The number of methoxy groups -OCH3 is 2. The second-order valence-electron chi connectivity index (χ2n) is 7.69. The molecular weight excluding hydrogens is 410 g/mol. The maximum absolute atomic E-state index is 13.6. The van der Waals surface area contributed by atoms with E-state index in [-0.39, 0.29) is 11.9 Å². The molecule has 0 spiro atoms. The lowest BCUT2D eigenvalue weighted by Gasteiger charge is -2.40. The second-order valence-corrected chi connectivity index (χ2v) is 8.69. The van der Waals surface area contributed by atoms with Crippen molar-refractivity contribution in [1.82, 2.24) is 14.8 Å². The first-order chi connectivity index (χ1) is 15.0. The highest BCUT2D eigenvalue weighted by Gasteiger charge is 2.32. The number of ether oxygens (including phenoxy) is 2. The molecule has 1 fully saturated rings. The maximum Gasteiger partial charge on any atom is 0.266 e. The van der Waals surface area contributed by atoms with Crippen molar-refractivity contribution in [2.24, 2.45) is 0 Å². The van der Waals surface area contributed by atoms with Crippen LogP contribution in [0.15, 0.2) is 48.5 Å². The first-order valence-electron chi connectivity index (χ1n) is 10.3. The minimum atomic E-state index is 0.0264. The number of nitrogens with zero attached hydrogens (tertiary/aromatic N) is 3. The molecule has 1 amide bonds. The summed E-state index contributed by atoms with van der Waals surface area (Å²) < 4.78 is 10.8. The van der Waals surface area contributed by atoms with Crippen LogP contribution in [0.25, 0.3) is 10.6 Å². The summed E-state index contributed by atoms with van der Waals surface area (Å²) in [5, 5.41) is 0.798. The number of thiazole rings is 1. The number of carbonyl (C=O) groups excluding carboxylic acids is 1. The number of carbonyl (C=O) groups is 1. The van der Waals surface area contributed by atoms with Gasteiger partial charge in [0.2, 0.25) is 0 Å². The summed E-state index contributed by atoms with van der Waals surface area (Å²) in [6.45, 7) is 4.27. The summed E-state index contributed by atoms with van der Waals surface area (Å²) in [5.74, 6) is 1.35. The number of piperazine rings is 1. The third kappa shape index (κ3) is 4.29. The molecule has 0 radical (unpaired) electrons. The Hall–Kier alpha value is -2.90. The van der Waals surface area contributed by atoms with Gasteiger partial charge in [0.05, 0.1) is 26.0 Å². The fourth-order valence-electron chi connectivity index (χ4n) is 3.94. The van der Waals surface area contributed by atoms with Crippen LogP contribution in [0.4, 0.5) is 0 Å². The molecule has 0 bridgehead atoms. The largest absolute Gasteiger partial charge is 0.493 e. The number of aryl methyl sites for hydroxylation is 1. The van der Waals surface area contributed by atoms with E-state index in [1.807, 2.05) is 48.2 Å². The van der Waals surface area contributed by atoms with Gasteiger partial charge in [-0.1, -0.05) is 30.3 Å². The summed E-state index contributed by atoms with van der Waals surface area (Å²) in [6.07, 6.45) is 0. The fraction of sp³-hybridized carbons (Fsp3) is 0.333. The Bertz CT molecular complexity index is 1070. The number of aromatic nitrogens is 1. The van der Waals surface area contributed by atoms with Crippen LogP contribution >= 0.6 is 11.3 Å². The Morgan fingerprint density at radius 2 is 1.81 bits per heavy atom. The van der Waals surface area contributed by atoms with Gasteiger partial charge in [-0.3, -0.25) is 4.79 Å². The van der Waals surface area contributed by atoms with Gasteiger partial charge in [0.25, 0.3) is 5.91 Å². The van der Waals surface area contributed by atoms with Gasteiger partial charge in [-0.2, -0.15) is 0 Å². The van der Waals surface area contributed by atoms with Crippen LogP contribution in [0.1, 0.15) is 27.0 Å². The van der Waals surface area contributed by atoms with Gasteiger partial charge >= 0.3 is 0 Å². The predicted octanol–water partition coefficient (Wildman–Crippen LogP) is 4.26. The molecule has 1 aromatic heterocycles. The topological polar surface area (TPSA) is 54.9 Å². The standard InChI is InChI=1S/C24H27N3O3S/c1-16-22(31-23(25-16)18-10-11-20(29-3)21(14-18)30-4)24(28)27-13-12-26(2)15-19(27)17-8-6-5-7-9-17/h5-11,14,19H,12-13,15H2,1-4H3. The first-order valence-corrected chi connectivity index (χ1v) is 11.1. The molecule has 0 N–H and O–H groups in total. The number of rotatable bonds is 5. The third-order valence-corrected chi connectivity index (χ3v) is 6.84. The number of hydrogen-bond donors (Lipinski definition) is 0. The normalized spacial score (nSPS) is 16.9. The van der Waals surface area contributed by atoms with Gasteiger partial charge in [-0.25, -0.2) is 4.98 Å². The minimum Gasteiger partial charge on any atom is -0.493 e. The van der Waals surface area contributed by atoms with E-state index in [1.165, 1.54) is 11.3 Å². The van der Waals surface area contributed by atoms with E-state index >= 15 is 0 Å². The molecule has 0 aliphatic carbocycles. The molecule has 2 heterocycles. The van der Waals surface area contributed by atoms with Crippen molar-refractivity contribution in [2.75, 3.05) is 40.9 Å². The van der Waals surface area contributed by atoms with E-state index in [9.17, 15) is 4.79 Å². The van der Waals surface area contributed by atoms with Crippen LogP contribution in [0.3, 0.4) is 0 Å². The monoisotopic (exact) mass is 437 g/mol. The van der Waals surface area contributed by atoms with Crippen LogP contribution in [-0.2, 0) is 0 Å². The molecule has 162 valence electrons. The van der Waals surface area contributed by atoms with E-state index in [2.05, 4.69) is 24.1 Å². The minimum absolute atomic E-state index is 0.0264. The molecule has 6 nitrogen and oxygen atoms in total. The Labute approximate surface area is 187 Å². The lowest BCUT2D eigenvalue weighted by Crippen LogP contribution is -2.49. The first kappa shape index (κ1) is 21.3. The van der Waals surface area contributed by atoms with E-state index in [1.54, 1.807) is 14.2 Å². The molecule has 1 unspecified atom stereocenters. The van der Waals surface area contributed by atoms with Gasteiger partial charge in [0.1, 0.15) is 9.88 Å². The average molecular weight is 438 g/mol. The molecule has 0 saturated carbocycles. The average Bonchev–Trinajstić information content (AvgIpc) is 3.20. The summed E-state index contributed by atoms with van der Waals surface area (Å²) in [7, 11) is 5.33. The Kier molecular flexibility index (Phi) is 6.25. The van der Waals surface area contributed by atoms with Crippen LogP contribution in [0, 0.1) is 6.92 Å². The van der Waals surface area contributed by atoms with E-state index in [0.29, 0.717) is 22.9 Å². The van der Waals surface area contributed by atoms with E-state index < -0.39 is 0 Å². The number of likely N-dealkylation sites (N-methyl/N-ethyl adjacent to an activating group) is 1. The van der Waals surface area contributed by atoms with Gasteiger partial charge in [0, 0.05) is 25.2 Å². The van der Waals surface area contributed by atoms with Gasteiger partial charge < -0.3 is 19.3 Å². The van der Waals surface area contributed by atoms with Crippen LogP contribution < -0.4 is 9.47 Å². The molecule has 31 heavy (non-hydrogen) atoms. The van der Waals surface area contributed by atoms with Gasteiger partial charge in [-0.15, -0.1) is 11.3 Å². The lowest BCUT2D eigenvalue weighted by molar-refractivity contribution is 0.0502. The Morgan fingerprint density at radius 3 is 2.52 bits per heavy atom. The van der Waals surface area contributed by atoms with Gasteiger partial charge in [-0.05, 0) is 37.7 Å². The van der Waals surface area contributed by atoms with Crippen LogP contribution in [0.2, 0.25) is 0 Å². The summed E-state index contributed by atoms with van der Waals surface area (Å²) >= 11 is 1.43. The number of benzene rings is 2. The summed E-state index contributed by atoms with van der Waals surface area (Å²) in [4.78, 5) is 23.3. The third-order valence-electron chi connectivity index (χ3n) is 5.65. The molecule has 4 rings (SSSR count). The molecule has 2 aromatic carbocycles. The van der Waals surface area contributed by atoms with Crippen molar-refractivity contribution in [3.05, 3.63) is 64.7 Å². The lowest BCUT2D eigenvalue weighted by atomic mass is 10.0. The number of amides is 1. The summed E-state index contributed by atoms with van der Waals surface area (Å²) in [5.41, 5.74) is 2.82.